The van der Waals surface area contributed by atoms with Crippen molar-refractivity contribution < 1.29 is 34.1 Å². The largest absolute Gasteiger partial charge is 0.494 e. The number of carbonyl (C=O) groups is 4. The molecule has 4 aromatic carbocycles. The number of rotatable bonds is 20. The average molecular weight is 1070 g/mol. The van der Waals surface area contributed by atoms with E-state index in [1.54, 1.807) is 30.6 Å². The molecule has 7 aromatic rings. The van der Waals surface area contributed by atoms with Gasteiger partial charge in [-0.25, -0.2) is 4.79 Å². The molecule has 3 amide bonds. The van der Waals surface area contributed by atoms with E-state index in [0.29, 0.717) is 36.0 Å². The van der Waals surface area contributed by atoms with Gasteiger partial charge in [0.25, 0.3) is 11.1 Å². The number of methoxy groups -OCH3 is 1. The fraction of sp³-hybridized carbons (Fsp3) is 0.273. The highest BCUT2D eigenvalue weighted by molar-refractivity contribution is 14.1. The van der Waals surface area contributed by atoms with Crippen LogP contribution in [0.2, 0.25) is 0 Å². The number of halogens is 1. The molecule has 3 unspecified atom stereocenters. The number of carboxylic acids is 2. The summed E-state index contributed by atoms with van der Waals surface area (Å²) < 4.78 is 11.4. The number of anilines is 1. The minimum atomic E-state index is -1.10. The molecular formula is C55H57IN6O9. The quantitative estimate of drug-likeness (QED) is 0.0539. The van der Waals surface area contributed by atoms with Crippen LogP contribution in [0, 0.1) is 10.5 Å². The van der Waals surface area contributed by atoms with E-state index in [2.05, 4.69) is 33.2 Å². The Hall–Kier alpha value is -7.47. The van der Waals surface area contributed by atoms with Crippen molar-refractivity contribution in [3.63, 3.8) is 0 Å². The third-order valence-corrected chi connectivity index (χ3v) is 13.3. The highest BCUT2D eigenvalue weighted by Crippen LogP contribution is 2.32. The number of unbranched alkanes of at least 4 members (excludes halogenated alkanes) is 1. The van der Waals surface area contributed by atoms with E-state index in [0.717, 1.165) is 53.7 Å². The van der Waals surface area contributed by atoms with Crippen molar-refractivity contribution in [2.75, 3.05) is 19.1 Å². The van der Waals surface area contributed by atoms with Crippen LogP contribution in [0.3, 0.4) is 0 Å². The summed E-state index contributed by atoms with van der Waals surface area (Å²) in [6, 6.07) is 32.2. The highest BCUT2D eigenvalue weighted by Gasteiger charge is 2.28. The first-order chi connectivity index (χ1) is 34.0. The van der Waals surface area contributed by atoms with Crippen LogP contribution in [0.5, 0.6) is 5.75 Å². The smallest absolute Gasteiger partial charge is 0.322 e. The van der Waals surface area contributed by atoms with Gasteiger partial charge in [-0.1, -0.05) is 92.6 Å². The van der Waals surface area contributed by atoms with Crippen molar-refractivity contribution in [2.45, 2.75) is 77.0 Å². The molecule has 0 radical (unpaired) electrons. The van der Waals surface area contributed by atoms with Crippen LogP contribution in [0.25, 0.3) is 22.2 Å². The topological polar surface area (TPSA) is 194 Å². The Kier molecular flexibility index (Phi) is 16.6. The Morgan fingerprint density at radius 2 is 1.46 bits per heavy atom. The second-order valence-corrected chi connectivity index (χ2v) is 19.0. The number of benzene rings is 4. The van der Waals surface area contributed by atoms with Gasteiger partial charge in [-0.05, 0) is 112 Å². The molecule has 4 N–H and O–H groups in total. The van der Waals surface area contributed by atoms with Crippen molar-refractivity contribution >= 4 is 63.1 Å². The fourth-order valence-corrected chi connectivity index (χ4v) is 9.32. The van der Waals surface area contributed by atoms with Crippen molar-refractivity contribution in [1.29, 1.82) is 0 Å². The van der Waals surface area contributed by atoms with Gasteiger partial charge in [0, 0.05) is 58.6 Å². The van der Waals surface area contributed by atoms with Gasteiger partial charge in [0.2, 0.25) is 5.91 Å². The predicted molar refractivity (Wildman–Crippen MR) is 282 cm³/mol. The Bertz CT molecular complexity index is 3200. The molecule has 71 heavy (non-hydrogen) atoms. The van der Waals surface area contributed by atoms with Gasteiger partial charge in [-0.3, -0.25) is 28.9 Å². The molecule has 7 rings (SSSR count). The number of urea groups is 1. The number of carbonyl (C=O) groups excluding carboxylic acids is 2. The number of aliphatic carboxylic acids is 2. The zero-order chi connectivity index (χ0) is 50.9. The normalized spacial score (nSPS) is 12.5. The first-order valence-electron chi connectivity index (χ1n) is 23.3. The average Bonchev–Trinajstić information content (AvgIpc) is 3.68. The van der Waals surface area contributed by atoms with Gasteiger partial charge < -0.3 is 39.3 Å². The molecule has 0 bridgehead atoms. The lowest BCUT2D eigenvalue weighted by atomic mass is 10.00. The van der Waals surface area contributed by atoms with Crippen LogP contribution < -0.4 is 31.4 Å². The SMILES string of the molecule is CCCCC(C(=O)NC(CC(=O)O)c1ccc2cc(-c3cccc(Cn4ccc(OC)c(N(C)C(=O)NC(CC(=O)O)c5ccc(I)cc5)c4=O)c3)n(C)c2c1)n1cc(C)cc(Cc2ccccc2)c1=O. The number of aromatic nitrogens is 3. The molecule has 368 valence electrons. The molecule has 3 atom stereocenters. The molecule has 0 saturated carbocycles. The molecular weight excluding hydrogens is 1020 g/mol. The molecule has 3 heterocycles. The summed E-state index contributed by atoms with van der Waals surface area (Å²) >= 11 is 2.14. The van der Waals surface area contributed by atoms with Crippen molar-refractivity contribution in [3.8, 4) is 17.0 Å². The molecule has 0 fully saturated rings. The van der Waals surface area contributed by atoms with Crippen LogP contribution >= 0.6 is 22.6 Å². The number of fused-ring (bicyclic) bond motifs is 1. The maximum atomic E-state index is 14.4. The lowest BCUT2D eigenvalue weighted by molar-refractivity contribution is -0.139. The second kappa shape index (κ2) is 23.0. The van der Waals surface area contributed by atoms with Gasteiger partial charge in [0.15, 0.2) is 5.69 Å². The minimum absolute atomic E-state index is 0.0317. The van der Waals surface area contributed by atoms with E-state index in [4.69, 9.17) is 4.74 Å². The maximum Gasteiger partial charge on any atom is 0.322 e. The monoisotopic (exact) mass is 1070 g/mol. The molecule has 0 saturated heterocycles. The van der Waals surface area contributed by atoms with Crippen LogP contribution in [-0.4, -0.2) is 61.9 Å². The molecule has 3 aromatic heterocycles. The predicted octanol–water partition coefficient (Wildman–Crippen LogP) is 9.15. The van der Waals surface area contributed by atoms with Crippen LogP contribution in [0.1, 0.15) is 90.5 Å². The maximum absolute atomic E-state index is 14.4. The van der Waals surface area contributed by atoms with Gasteiger partial charge in [-0.2, -0.15) is 0 Å². The van der Waals surface area contributed by atoms with Crippen molar-refractivity contribution in [2.24, 2.45) is 7.05 Å². The Morgan fingerprint density at radius 1 is 0.789 bits per heavy atom. The number of hydrogen-bond acceptors (Lipinski definition) is 7. The van der Waals surface area contributed by atoms with Crippen LogP contribution in [0.15, 0.2) is 137 Å². The molecule has 15 nitrogen and oxygen atoms in total. The molecule has 0 spiro atoms. The summed E-state index contributed by atoms with van der Waals surface area (Å²) in [6.45, 7) is 4.04. The highest BCUT2D eigenvalue weighted by atomic mass is 127. The number of aryl methyl sites for hydroxylation is 2. The van der Waals surface area contributed by atoms with Gasteiger partial charge in [0.1, 0.15) is 11.8 Å². The van der Waals surface area contributed by atoms with E-state index in [1.807, 2.05) is 123 Å². The zero-order valence-electron chi connectivity index (χ0n) is 40.2. The van der Waals surface area contributed by atoms with E-state index in [1.165, 1.54) is 23.3 Å². The van der Waals surface area contributed by atoms with Crippen molar-refractivity contribution in [3.05, 3.63) is 185 Å². The molecule has 0 aliphatic heterocycles. The number of carboxylic acid groups (broad SMARTS) is 2. The first-order valence-corrected chi connectivity index (χ1v) is 24.4. The van der Waals surface area contributed by atoms with Crippen molar-refractivity contribution in [1.82, 2.24) is 24.3 Å². The Morgan fingerprint density at radius 3 is 2.14 bits per heavy atom. The molecule has 0 aliphatic carbocycles. The molecule has 16 heteroatoms. The summed E-state index contributed by atoms with van der Waals surface area (Å²) in [7, 11) is 4.72. The second-order valence-electron chi connectivity index (χ2n) is 17.7. The van der Waals surface area contributed by atoms with E-state index in [-0.39, 0.29) is 36.4 Å². The summed E-state index contributed by atoms with van der Waals surface area (Å²) in [5.41, 5.74) is 6.02. The Balaban J connectivity index is 1.14. The number of nitrogens with one attached hydrogen (secondary N) is 2. The van der Waals surface area contributed by atoms with E-state index in [9.17, 15) is 39.0 Å². The van der Waals surface area contributed by atoms with Gasteiger partial charge >= 0.3 is 18.0 Å². The van der Waals surface area contributed by atoms with Gasteiger partial charge in [-0.15, -0.1) is 0 Å². The third-order valence-electron chi connectivity index (χ3n) is 12.6. The lowest BCUT2D eigenvalue weighted by Crippen LogP contribution is -2.43. The summed E-state index contributed by atoms with van der Waals surface area (Å²) in [6.07, 6.45) is 4.81. The fourth-order valence-electron chi connectivity index (χ4n) is 8.96. The van der Waals surface area contributed by atoms with E-state index < -0.39 is 47.6 Å². The Labute approximate surface area is 424 Å². The molecule has 0 aliphatic rings. The first kappa shape index (κ1) is 51.4. The number of nitrogens with zero attached hydrogens (tertiary/aromatic N) is 4. The van der Waals surface area contributed by atoms with E-state index >= 15 is 0 Å². The summed E-state index contributed by atoms with van der Waals surface area (Å²) in [5.74, 6) is -2.47. The number of pyridine rings is 2. The van der Waals surface area contributed by atoms with Gasteiger partial charge in [0.05, 0.1) is 38.6 Å². The minimum Gasteiger partial charge on any atom is -0.494 e. The number of ether oxygens (including phenoxy) is 1. The number of hydrogen-bond donors (Lipinski definition) is 4. The summed E-state index contributed by atoms with van der Waals surface area (Å²) in [5, 5.41) is 26.4. The summed E-state index contributed by atoms with van der Waals surface area (Å²) in [4.78, 5) is 81.5. The number of amides is 3. The van der Waals surface area contributed by atoms with Crippen LogP contribution in [-0.2, 0) is 34.4 Å². The third kappa shape index (κ3) is 12.3. The lowest BCUT2D eigenvalue weighted by Gasteiger charge is -2.25. The van der Waals surface area contributed by atoms with Crippen LogP contribution in [0.4, 0.5) is 10.5 Å². The standard InChI is InChI=1S/C55H57IN6O9/c1-6-7-16-45(62-32-34(2)25-41(53(62)68)26-35-12-9-8-10-13-35)52(67)57-44(31-50(65)66)38-17-18-40-29-47(59(3)46(40)28-38)39-15-11-14-36(27-39)33-61-24-23-48(71-5)51(54(61)69)60(4)55(70)58-43(30-49(63)64)37-19-21-42(56)22-20-37/h8-15,17-25,27-29,32,43-45H,6-7,16,26,30-31,33H2,1-5H3,(H,57,67)(H,58,70)(H,63,64)(H,65,66). The zero-order valence-corrected chi connectivity index (χ0v) is 42.4.